The molecule has 8 heteroatoms. The van der Waals surface area contributed by atoms with E-state index in [0.29, 0.717) is 11.5 Å². The zero-order valence-corrected chi connectivity index (χ0v) is 13.7. The van der Waals surface area contributed by atoms with Gasteiger partial charge in [-0.25, -0.2) is 13.1 Å². The lowest BCUT2D eigenvalue weighted by Crippen LogP contribution is -2.27. The molecule has 0 aliphatic heterocycles. The second-order valence-corrected chi connectivity index (χ2v) is 7.09. The zero-order chi connectivity index (χ0) is 15.8. The van der Waals surface area contributed by atoms with Crippen molar-refractivity contribution in [2.75, 3.05) is 5.73 Å². The molecular formula is C13H14Cl2N2O3S. The predicted octanol–water partition coefficient (Wildman–Crippen LogP) is 3.52. The van der Waals surface area contributed by atoms with Crippen LogP contribution in [0.15, 0.2) is 33.6 Å². The molecule has 1 aromatic heterocycles. The van der Waals surface area contributed by atoms with E-state index in [1.165, 1.54) is 12.1 Å². The number of aryl methyl sites for hydroxylation is 1. The number of nitrogens with one attached hydrogen (secondary N) is 1. The summed E-state index contributed by atoms with van der Waals surface area (Å²) in [7, 11) is -3.90. The lowest BCUT2D eigenvalue weighted by Gasteiger charge is -2.15. The summed E-state index contributed by atoms with van der Waals surface area (Å²) in [5, 5.41) is 0.237. The van der Waals surface area contributed by atoms with Crippen LogP contribution >= 0.6 is 23.2 Å². The maximum absolute atomic E-state index is 12.4. The van der Waals surface area contributed by atoms with E-state index in [0.717, 1.165) is 0 Å². The molecule has 0 saturated heterocycles. The van der Waals surface area contributed by atoms with Gasteiger partial charge in [-0.05, 0) is 38.1 Å². The van der Waals surface area contributed by atoms with Crippen LogP contribution in [0.2, 0.25) is 10.0 Å². The quantitative estimate of drug-likeness (QED) is 0.827. The summed E-state index contributed by atoms with van der Waals surface area (Å²) in [6.07, 6.45) is 0. The number of halogens is 2. The minimum Gasteiger partial charge on any atom is -0.465 e. The summed E-state index contributed by atoms with van der Waals surface area (Å²) in [5.41, 5.74) is 5.70. The van der Waals surface area contributed by atoms with E-state index in [4.69, 9.17) is 33.4 Å². The number of rotatable bonds is 4. The molecule has 0 bridgehead atoms. The van der Waals surface area contributed by atoms with Crippen molar-refractivity contribution in [3.8, 4) is 0 Å². The zero-order valence-electron chi connectivity index (χ0n) is 11.4. The molecule has 21 heavy (non-hydrogen) atoms. The van der Waals surface area contributed by atoms with E-state index in [1.807, 2.05) is 0 Å². The Labute approximate surface area is 133 Å². The van der Waals surface area contributed by atoms with Crippen molar-refractivity contribution in [1.29, 1.82) is 0 Å². The van der Waals surface area contributed by atoms with Crippen molar-refractivity contribution >= 4 is 38.9 Å². The van der Waals surface area contributed by atoms with Crippen LogP contribution in [0.25, 0.3) is 0 Å². The number of hydrogen-bond donors (Lipinski definition) is 2. The minimum absolute atomic E-state index is 0.0113. The van der Waals surface area contributed by atoms with Gasteiger partial charge in [0.05, 0.1) is 16.8 Å². The number of nitrogen functional groups attached to an aromatic ring is 1. The Hall–Kier alpha value is -1.21. The van der Waals surface area contributed by atoms with Crippen molar-refractivity contribution in [2.45, 2.75) is 24.8 Å². The van der Waals surface area contributed by atoms with Gasteiger partial charge in [0.25, 0.3) is 0 Å². The van der Waals surface area contributed by atoms with Crippen LogP contribution in [-0.4, -0.2) is 8.42 Å². The fraction of sp³-hybridized carbons (Fsp3) is 0.231. The van der Waals surface area contributed by atoms with Crippen molar-refractivity contribution < 1.29 is 12.8 Å². The van der Waals surface area contributed by atoms with Crippen molar-refractivity contribution in [3.63, 3.8) is 0 Å². The van der Waals surface area contributed by atoms with Crippen molar-refractivity contribution in [1.82, 2.24) is 4.72 Å². The molecule has 0 saturated carbocycles. The Morgan fingerprint density at radius 3 is 2.48 bits per heavy atom. The van der Waals surface area contributed by atoms with Crippen LogP contribution in [-0.2, 0) is 10.0 Å². The van der Waals surface area contributed by atoms with Gasteiger partial charge < -0.3 is 10.2 Å². The van der Waals surface area contributed by atoms with Gasteiger partial charge >= 0.3 is 0 Å². The molecule has 1 heterocycles. The molecule has 0 aliphatic rings. The number of nitrogens with two attached hydrogens (primary N) is 1. The van der Waals surface area contributed by atoms with Gasteiger partial charge in [-0.3, -0.25) is 0 Å². The molecule has 0 aliphatic carbocycles. The van der Waals surface area contributed by atoms with E-state index < -0.39 is 16.1 Å². The first-order chi connectivity index (χ1) is 9.70. The third-order valence-electron chi connectivity index (χ3n) is 2.83. The molecule has 0 amide bonds. The third kappa shape index (κ3) is 3.52. The fourth-order valence-electron chi connectivity index (χ4n) is 1.90. The highest BCUT2D eigenvalue weighted by Crippen LogP contribution is 2.32. The monoisotopic (exact) mass is 348 g/mol. The molecular weight excluding hydrogens is 335 g/mol. The minimum atomic E-state index is -3.90. The van der Waals surface area contributed by atoms with Crippen molar-refractivity contribution in [3.05, 3.63) is 45.8 Å². The molecule has 0 radical (unpaired) electrons. The number of furan rings is 1. The Morgan fingerprint density at radius 1 is 1.29 bits per heavy atom. The SMILES string of the molecule is Cc1ccc(C(C)NS(=O)(=O)c2c(N)cc(Cl)cc2Cl)o1. The Kier molecular flexibility index (Phi) is 4.53. The smallest absolute Gasteiger partial charge is 0.244 e. The molecule has 5 nitrogen and oxygen atoms in total. The van der Waals surface area contributed by atoms with Gasteiger partial charge in [-0.15, -0.1) is 0 Å². The molecule has 0 spiro atoms. The Bertz CT molecular complexity index is 748. The summed E-state index contributed by atoms with van der Waals surface area (Å²) in [6.45, 7) is 3.44. The number of sulfonamides is 1. The average Bonchev–Trinajstić information content (AvgIpc) is 2.73. The fourth-order valence-corrected chi connectivity index (χ4v) is 4.10. The highest BCUT2D eigenvalue weighted by atomic mass is 35.5. The molecule has 1 aromatic carbocycles. The van der Waals surface area contributed by atoms with Gasteiger partial charge in [0.2, 0.25) is 10.0 Å². The third-order valence-corrected chi connectivity index (χ3v) is 5.11. The maximum Gasteiger partial charge on any atom is 0.244 e. The van der Waals surface area contributed by atoms with Gasteiger partial charge in [0, 0.05) is 5.02 Å². The molecule has 2 rings (SSSR count). The molecule has 2 aromatic rings. The highest BCUT2D eigenvalue weighted by Gasteiger charge is 2.25. The molecule has 1 atom stereocenters. The summed E-state index contributed by atoms with van der Waals surface area (Å²) in [4.78, 5) is -0.191. The van der Waals surface area contributed by atoms with Crippen LogP contribution in [0.1, 0.15) is 24.5 Å². The van der Waals surface area contributed by atoms with E-state index in [2.05, 4.69) is 4.72 Å². The lowest BCUT2D eigenvalue weighted by molar-refractivity contribution is 0.441. The van der Waals surface area contributed by atoms with Crippen LogP contribution in [0.3, 0.4) is 0 Å². The normalized spacial score (nSPS) is 13.3. The van der Waals surface area contributed by atoms with Crippen molar-refractivity contribution in [2.24, 2.45) is 0 Å². The van der Waals surface area contributed by atoms with Crippen LogP contribution in [0, 0.1) is 6.92 Å². The number of anilines is 1. The molecule has 0 fully saturated rings. The van der Waals surface area contributed by atoms with E-state index in [9.17, 15) is 8.42 Å². The van der Waals surface area contributed by atoms with Gasteiger partial charge in [-0.1, -0.05) is 23.2 Å². The molecule has 114 valence electrons. The first-order valence-electron chi connectivity index (χ1n) is 6.04. The molecule has 3 N–H and O–H groups in total. The van der Waals surface area contributed by atoms with Gasteiger partial charge in [-0.2, -0.15) is 0 Å². The predicted molar refractivity (Wildman–Crippen MR) is 83.1 cm³/mol. The maximum atomic E-state index is 12.4. The summed E-state index contributed by atoms with van der Waals surface area (Å²) >= 11 is 11.7. The average molecular weight is 349 g/mol. The lowest BCUT2D eigenvalue weighted by atomic mass is 10.3. The van der Waals surface area contributed by atoms with Gasteiger partial charge in [0.15, 0.2) is 0 Å². The second kappa shape index (κ2) is 5.88. The Balaban J connectivity index is 2.35. The summed E-state index contributed by atoms with van der Waals surface area (Å²) < 4.78 is 32.7. The second-order valence-electron chi connectivity index (χ2n) is 4.60. The van der Waals surface area contributed by atoms with Crippen LogP contribution in [0.5, 0.6) is 0 Å². The first-order valence-corrected chi connectivity index (χ1v) is 8.28. The molecule has 1 unspecified atom stereocenters. The number of hydrogen-bond acceptors (Lipinski definition) is 4. The number of benzene rings is 1. The van der Waals surface area contributed by atoms with E-state index in [-0.39, 0.29) is 20.6 Å². The van der Waals surface area contributed by atoms with E-state index in [1.54, 1.807) is 26.0 Å². The topological polar surface area (TPSA) is 85.3 Å². The Morgan fingerprint density at radius 2 is 1.95 bits per heavy atom. The van der Waals surface area contributed by atoms with Crippen LogP contribution < -0.4 is 10.5 Å². The highest BCUT2D eigenvalue weighted by molar-refractivity contribution is 7.89. The van der Waals surface area contributed by atoms with Crippen LogP contribution in [0.4, 0.5) is 5.69 Å². The van der Waals surface area contributed by atoms with E-state index >= 15 is 0 Å². The standard InChI is InChI=1S/C13H14Cl2N2O3S/c1-7-3-4-12(20-7)8(2)17-21(18,19)13-10(15)5-9(14)6-11(13)16/h3-6,8,17H,16H2,1-2H3. The summed E-state index contributed by atoms with van der Waals surface area (Å²) in [5.74, 6) is 1.19. The van der Waals surface area contributed by atoms with Gasteiger partial charge in [0.1, 0.15) is 16.4 Å². The largest absolute Gasteiger partial charge is 0.465 e. The summed E-state index contributed by atoms with van der Waals surface area (Å²) in [6, 6.07) is 5.56. The first kappa shape index (κ1) is 16.2.